The third-order valence-corrected chi connectivity index (χ3v) is 4.76. The smallest absolute Gasteiger partial charge is 0.294 e. The standard InChI is InChI=1S/C18H17N3O3S/c1-12-6-3-4-8-14(12)19-16(22)11-21-17(23)15(25-18(21)24)10-13-7-5-9-20(13)2/h3-10H,11H2,1-2H3,(H,19,22)/b15-10-. The summed E-state index contributed by atoms with van der Waals surface area (Å²) in [6, 6.07) is 11.0. The van der Waals surface area contributed by atoms with E-state index in [1.807, 2.05) is 55.1 Å². The molecule has 25 heavy (non-hydrogen) atoms. The second-order valence-electron chi connectivity index (χ2n) is 5.67. The molecule has 1 saturated heterocycles. The van der Waals surface area contributed by atoms with Crippen molar-refractivity contribution >= 4 is 40.6 Å². The summed E-state index contributed by atoms with van der Waals surface area (Å²) in [6.45, 7) is 1.57. The second-order valence-corrected chi connectivity index (χ2v) is 6.67. The zero-order valence-electron chi connectivity index (χ0n) is 13.9. The Kier molecular flexibility index (Phi) is 4.76. The molecule has 128 valence electrons. The van der Waals surface area contributed by atoms with E-state index in [0.29, 0.717) is 10.6 Å². The number of hydrogen-bond donors (Lipinski definition) is 1. The van der Waals surface area contributed by atoms with Gasteiger partial charge in [0.2, 0.25) is 5.91 Å². The second kappa shape index (κ2) is 6.98. The third-order valence-electron chi connectivity index (χ3n) is 3.86. The van der Waals surface area contributed by atoms with Gasteiger partial charge in [-0.3, -0.25) is 19.3 Å². The molecule has 2 aromatic rings. The minimum atomic E-state index is -0.448. The SMILES string of the molecule is Cc1ccccc1NC(=O)CN1C(=O)S/C(=C\c2cccn2C)C1=O. The molecule has 0 bridgehead atoms. The normalized spacial score (nSPS) is 15.9. The minimum absolute atomic E-state index is 0.302. The van der Waals surface area contributed by atoms with Crippen molar-refractivity contribution in [1.29, 1.82) is 0 Å². The van der Waals surface area contributed by atoms with Crippen LogP contribution in [0, 0.1) is 6.92 Å². The molecule has 6 nitrogen and oxygen atoms in total. The van der Waals surface area contributed by atoms with Crippen molar-refractivity contribution in [2.75, 3.05) is 11.9 Å². The zero-order valence-corrected chi connectivity index (χ0v) is 14.7. The van der Waals surface area contributed by atoms with Crippen LogP contribution in [0.4, 0.5) is 10.5 Å². The predicted octanol–water partition coefficient (Wildman–Crippen LogP) is 3.01. The van der Waals surface area contributed by atoms with Gasteiger partial charge in [-0.25, -0.2) is 0 Å². The average Bonchev–Trinajstić information content (AvgIpc) is 3.08. The van der Waals surface area contributed by atoms with Crippen LogP contribution >= 0.6 is 11.8 Å². The maximum absolute atomic E-state index is 12.4. The molecule has 1 aliphatic rings. The average molecular weight is 355 g/mol. The number of imide groups is 1. The number of nitrogens with one attached hydrogen (secondary N) is 1. The van der Waals surface area contributed by atoms with Crippen LogP contribution in [0.25, 0.3) is 6.08 Å². The summed E-state index contributed by atoms with van der Waals surface area (Å²) in [5, 5.41) is 2.29. The summed E-state index contributed by atoms with van der Waals surface area (Å²) < 4.78 is 1.85. The molecule has 1 aromatic carbocycles. The van der Waals surface area contributed by atoms with E-state index in [4.69, 9.17) is 0 Å². The zero-order chi connectivity index (χ0) is 18.0. The van der Waals surface area contributed by atoms with Crippen molar-refractivity contribution in [2.24, 2.45) is 7.05 Å². The Balaban J connectivity index is 1.71. The van der Waals surface area contributed by atoms with Gasteiger partial charge in [0.05, 0.1) is 4.91 Å². The fourth-order valence-electron chi connectivity index (χ4n) is 2.44. The van der Waals surface area contributed by atoms with E-state index in [9.17, 15) is 14.4 Å². The summed E-state index contributed by atoms with van der Waals surface area (Å²) in [4.78, 5) is 38.0. The van der Waals surface area contributed by atoms with Crippen molar-refractivity contribution in [3.8, 4) is 0 Å². The Hall–Kier alpha value is -2.80. The summed E-state index contributed by atoms with van der Waals surface area (Å²) in [5.74, 6) is -0.854. The minimum Gasteiger partial charge on any atom is -0.351 e. The number of thioether (sulfide) groups is 1. The molecule has 0 aliphatic carbocycles. The largest absolute Gasteiger partial charge is 0.351 e. The van der Waals surface area contributed by atoms with E-state index >= 15 is 0 Å². The number of nitrogens with zero attached hydrogens (tertiary/aromatic N) is 2. The van der Waals surface area contributed by atoms with E-state index in [-0.39, 0.29) is 6.54 Å². The maximum Gasteiger partial charge on any atom is 0.294 e. The number of benzene rings is 1. The van der Waals surface area contributed by atoms with Gasteiger partial charge in [0.15, 0.2) is 0 Å². The van der Waals surface area contributed by atoms with Crippen LogP contribution in [0.1, 0.15) is 11.3 Å². The lowest BCUT2D eigenvalue weighted by Crippen LogP contribution is -2.36. The highest BCUT2D eigenvalue weighted by Gasteiger charge is 2.36. The van der Waals surface area contributed by atoms with E-state index in [1.54, 1.807) is 12.1 Å². The van der Waals surface area contributed by atoms with Crippen molar-refractivity contribution in [2.45, 2.75) is 6.92 Å². The van der Waals surface area contributed by atoms with Crippen molar-refractivity contribution in [3.63, 3.8) is 0 Å². The van der Waals surface area contributed by atoms with Crippen LogP contribution < -0.4 is 5.32 Å². The van der Waals surface area contributed by atoms with Crippen molar-refractivity contribution in [1.82, 2.24) is 9.47 Å². The summed E-state index contributed by atoms with van der Waals surface area (Å²) in [6.07, 6.45) is 3.51. The summed E-state index contributed by atoms with van der Waals surface area (Å²) >= 11 is 0.845. The van der Waals surface area contributed by atoms with E-state index in [2.05, 4.69) is 5.32 Å². The number of aryl methyl sites for hydroxylation is 2. The number of hydrogen-bond acceptors (Lipinski definition) is 4. The van der Waals surface area contributed by atoms with Gasteiger partial charge < -0.3 is 9.88 Å². The van der Waals surface area contributed by atoms with Crippen LogP contribution in [0.5, 0.6) is 0 Å². The number of amides is 3. The van der Waals surface area contributed by atoms with Crippen LogP contribution in [-0.4, -0.2) is 33.1 Å². The van der Waals surface area contributed by atoms with Gasteiger partial charge in [-0.15, -0.1) is 0 Å². The molecule has 0 atom stereocenters. The highest BCUT2D eigenvalue weighted by Crippen LogP contribution is 2.32. The number of anilines is 1. The van der Waals surface area contributed by atoms with Gasteiger partial charge in [0.25, 0.3) is 11.1 Å². The molecule has 0 saturated carbocycles. The number of carbonyl (C=O) groups excluding carboxylic acids is 3. The topological polar surface area (TPSA) is 71.4 Å². The van der Waals surface area contributed by atoms with E-state index < -0.39 is 17.1 Å². The molecule has 1 aliphatic heterocycles. The molecule has 7 heteroatoms. The Morgan fingerprint density at radius 1 is 1.20 bits per heavy atom. The first-order chi connectivity index (χ1) is 12.0. The van der Waals surface area contributed by atoms with Crippen molar-refractivity contribution in [3.05, 3.63) is 58.8 Å². The molecule has 0 spiro atoms. The lowest BCUT2D eigenvalue weighted by Gasteiger charge is -2.13. The lowest BCUT2D eigenvalue weighted by molar-refractivity contribution is -0.127. The molecule has 3 amide bonds. The Morgan fingerprint density at radius 2 is 1.96 bits per heavy atom. The molecule has 1 fully saturated rings. The molecular formula is C18H17N3O3S. The first-order valence-corrected chi connectivity index (χ1v) is 8.49. The van der Waals surface area contributed by atoms with E-state index in [1.165, 1.54) is 0 Å². The number of aromatic nitrogens is 1. The number of para-hydroxylation sites is 1. The summed E-state index contributed by atoms with van der Waals surface area (Å²) in [7, 11) is 1.85. The number of rotatable bonds is 4. The molecule has 1 N–H and O–H groups in total. The Bertz CT molecular complexity index is 885. The highest BCUT2D eigenvalue weighted by molar-refractivity contribution is 8.18. The Morgan fingerprint density at radius 3 is 2.64 bits per heavy atom. The molecule has 2 heterocycles. The quantitative estimate of drug-likeness (QED) is 0.856. The van der Waals surface area contributed by atoms with Gasteiger partial charge in [0.1, 0.15) is 6.54 Å². The highest BCUT2D eigenvalue weighted by atomic mass is 32.2. The molecule has 3 rings (SSSR count). The first kappa shape index (κ1) is 17.0. The molecule has 1 aromatic heterocycles. The van der Waals surface area contributed by atoms with Gasteiger partial charge in [-0.05, 0) is 48.5 Å². The molecular weight excluding hydrogens is 338 g/mol. The monoisotopic (exact) mass is 355 g/mol. The molecule has 0 unspecified atom stereocenters. The van der Waals surface area contributed by atoms with E-state index in [0.717, 1.165) is 27.9 Å². The van der Waals surface area contributed by atoms with Gasteiger partial charge in [-0.1, -0.05) is 18.2 Å². The lowest BCUT2D eigenvalue weighted by atomic mass is 10.2. The summed E-state index contributed by atoms with van der Waals surface area (Å²) in [5.41, 5.74) is 2.39. The van der Waals surface area contributed by atoms with Crippen LogP contribution in [0.15, 0.2) is 47.5 Å². The van der Waals surface area contributed by atoms with Crippen molar-refractivity contribution < 1.29 is 14.4 Å². The Labute approximate surface area is 149 Å². The third kappa shape index (κ3) is 3.66. The first-order valence-electron chi connectivity index (χ1n) is 7.68. The van der Waals surface area contributed by atoms with Crippen LogP contribution in [-0.2, 0) is 16.6 Å². The maximum atomic E-state index is 12.4. The predicted molar refractivity (Wildman–Crippen MR) is 97.9 cm³/mol. The van der Waals surface area contributed by atoms with Gasteiger partial charge in [-0.2, -0.15) is 0 Å². The fraction of sp³-hybridized carbons (Fsp3) is 0.167. The van der Waals surface area contributed by atoms with Crippen LogP contribution in [0.2, 0.25) is 0 Å². The van der Waals surface area contributed by atoms with Gasteiger partial charge in [0, 0.05) is 24.6 Å². The van der Waals surface area contributed by atoms with Gasteiger partial charge >= 0.3 is 0 Å². The fourth-order valence-corrected chi connectivity index (χ4v) is 3.26. The van der Waals surface area contributed by atoms with Crippen LogP contribution in [0.3, 0.4) is 0 Å². The number of carbonyl (C=O) groups is 3. The molecule has 0 radical (unpaired) electrons.